The minimum atomic E-state index is -0.760. The van der Waals surface area contributed by atoms with E-state index in [1.165, 1.54) is 0 Å². The molecule has 0 bridgehead atoms. The van der Waals surface area contributed by atoms with Crippen LogP contribution in [0.4, 0.5) is 5.95 Å². The summed E-state index contributed by atoms with van der Waals surface area (Å²) in [6.45, 7) is 2.35. The fraction of sp³-hybridized carbons (Fsp3) is 0.500. The molecule has 28 heavy (non-hydrogen) atoms. The zero-order chi connectivity index (χ0) is 19.7. The van der Waals surface area contributed by atoms with Crippen molar-refractivity contribution < 1.29 is 14.7 Å². The predicted molar refractivity (Wildman–Crippen MR) is 101 cm³/mol. The van der Waals surface area contributed by atoms with Gasteiger partial charge in [0.1, 0.15) is 6.10 Å². The third-order valence-electron chi connectivity index (χ3n) is 5.28. The summed E-state index contributed by atoms with van der Waals surface area (Å²) >= 11 is 0. The molecule has 4 rings (SSSR count). The van der Waals surface area contributed by atoms with Crippen LogP contribution in [0.1, 0.15) is 19.3 Å². The average Bonchev–Trinajstić information content (AvgIpc) is 2.69. The highest BCUT2D eigenvalue weighted by Gasteiger charge is 2.29. The molecule has 0 spiro atoms. The van der Waals surface area contributed by atoms with Crippen LogP contribution < -0.4 is 10.5 Å². The molecule has 1 amide bonds. The Balaban J connectivity index is 1.50. The predicted octanol–water partition coefficient (Wildman–Crippen LogP) is 0.806. The van der Waals surface area contributed by atoms with E-state index >= 15 is 0 Å². The van der Waals surface area contributed by atoms with Crippen LogP contribution in [0.25, 0.3) is 10.9 Å². The number of fused-ring (bicyclic) bond motifs is 2. The van der Waals surface area contributed by atoms with Crippen LogP contribution in [0, 0.1) is 10.1 Å². The normalized spacial score (nSPS) is 18.1. The number of carbonyl (C=O) groups excluding carboxylic acids is 1. The monoisotopic (exact) mass is 387 g/mol. The molecular weight excluding hydrogens is 366 g/mol. The summed E-state index contributed by atoms with van der Waals surface area (Å²) in [5, 5.41) is 10.2. The maximum atomic E-state index is 12.9. The van der Waals surface area contributed by atoms with E-state index in [0.717, 1.165) is 0 Å². The Morgan fingerprint density at radius 2 is 1.96 bits per heavy atom. The second-order valence-electron chi connectivity index (χ2n) is 7.09. The van der Waals surface area contributed by atoms with Crippen LogP contribution in [0.5, 0.6) is 0 Å². The minimum Gasteiger partial charge on any atom is -0.310 e. The molecule has 10 heteroatoms. The fourth-order valence-electron chi connectivity index (χ4n) is 3.86. The number of nitrogens with zero attached hydrogens (tertiary/aromatic N) is 5. The number of aromatic nitrogens is 2. The molecule has 0 N–H and O–H groups in total. The summed E-state index contributed by atoms with van der Waals surface area (Å²) in [6.07, 6.45) is 1.29. The van der Waals surface area contributed by atoms with Crippen molar-refractivity contribution in [2.24, 2.45) is 0 Å². The van der Waals surface area contributed by atoms with E-state index in [0.29, 0.717) is 62.3 Å². The van der Waals surface area contributed by atoms with Gasteiger partial charge in [0.15, 0.2) is 0 Å². The van der Waals surface area contributed by atoms with Crippen molar-refractivity contribution in [3.05, 3.63) is 44.7 Å². The molecule has 1 aromatic heterocycles. The lowest BCUT2D eigenvalue weighted by Gasteiger charge is -2.34. The quantitative estimate of drug-likeness (QED) is 0.564. The molecule has 2 aliphatic heterocycles. The van der Waals surface area contributed by atoms with Gasteiger partial charge in [0.05, 0.1) is 17.4 Å². The van der Waals surface area contributed by atoms with Gasteiger partial charge in [0.2, 0.25) is 11.9 Å². The maximum absolute atomic E-state index is 12.9. The first kappa shape index (κ1) is 18.4. The third kappa shape index (κ3) is 3.55. The number of amides is 1. The van der Waals surface area contributed by atoms with Gasteiger partial charge in [-0.05, 0) is 31.4 Å². The van der Waals surface area contributed by atoms with Crippen LogP contribution in [0.15, 0.2) is 29.1 Å². The molecule has 1 aromatic carbocycles. The Morgan fingerprint density at radius 1 is 1.21 bits per heavy atom. The minimum absolute atomic E-state index is 0.121. The molecule has 0 aliphatic carbocycles. The molecule has 0 unspecified atom stereocenters. The lowest BCUT2D eigenvalue weighted by molar-refractivity contribution is -0.769. The molecule has 1 fully saturated rings. The molecule has 0 atom stereocenters. The van der Waals surface area contributed by atoms with Crippen LogP contribution in [-0.4, -0.2) is 57.7 Å². The van der Waals surface area contributed by atoms with Crippen molar-refractivity contribution in [2.45, 2.75) is 31.9 Å². The molecule has 0 radical (unpaired) electrons. The van der Waals surface area contributed by atoms with Crippen LogP contribution in [0.3, 0.4) is 0 Å². The Bertz CT molecular complexity index is 966. The summed E-state index contributed by atoms with van der Waals surface area (Å²) in [6, 6.07) is 7.14. The highest BCUT2D eigenvalue weighted by molar-refractivity contribution is 5.94. The van der Waals surface area contributed by atoms with Crippen LogP contribution in [0.2, 0.25) is 0 Å². The Labute approximate surface area is 160 Å². The second kappa shape index (κ2) is 7.55. The largest absolute Gasteiger partial charge is 0.310 e. The Morgan fingerprint density at radius 3 is 2.71 bits per heavy atom. The van der Waals surface area contributed by atoms with Gasteiger partial charge in [-0.1, -0.05) is 12.1 Å². The highest BCUT2D eigenvalue weighted by Crippen LogP contribution is 2.21. The van der Waals surface area contributed by atoms with Crippen molar-refractivity contribution in [2.75, 3.05) is 31.1 Å². The van der Waals surface area contributed by atoms with E-state index in [-0.39, 0.29) is 18.0 Å². The number of hydrogen-bond acceptors (Lipinski definition) is 7. The highest BCUT2D eigenvalue weighted by atomic mass is 17.0. The van der Waals surface area contributed by atoms with Crippen LogP contribution in [-0.2, 0) is 16.2 Å². The van der Waals surface area contributed by atoms with E-state index in [9.17, 15) is 19.7 Å². The SMILES string of the molecule is O=C(CN1CCC(O[N+](=O)[O-])CC1)N1CCCn2c1nc1ccccc1c2=O. The van der Waals surface area contributed by atoms with Gasteiger partial charge in [-0.15, -0.1) is 10.1 Å². The number of para-hydroxylation sites is 1. The van der Waals surface area contributed by atoms with E-state index in [4.69, 9.17) is 0 Å². The van der Waals surface area contributed by atoms with E-state index in [1.807, 2.05) is 11.0 Å². The van der Waals surface area contributed by atoms with Crippen molar-refractivity contribution in [1.82, 2.24) is 14.5 Å². The molecule has 148 valence electrons. The molecule has 2 aromatic rings. The molecular formula is C18H21N5O5. The van der Waals surface area contributed by atoms with E-state index < -0.39 is 11.2 Å². The van der Waals surface area contributed by atoms with Gasteiger partial charge in [0.25, 0.3) is 10.6 Å². The first-order valence-electron chi connectivity index (χ1n) is 9.36. The van der Waals surface area contributed by atoms with E-state index in [2.05, 4.69) is 9.82 Å². The van der Waals surface area contributed by atoms with Crippen molar-refractivity contribution in [3.8, 4) is 0 Å². The maximum Gasteiger partial charge on any atom is 0.294 e. The zero-order valence-corrected chi connectivity index (χ0v) is 15.3. The van der Waals surface area contributed by atoms with Gasteiger partial charge in [-0.3, -0.25) is 24.0 Å². The number of likely N-dealkylation sites (tertiary alicyclic amines) is 1. The van der Waals surface area contributed by atoms with E-state index in [1.54, 1.807) is 27.7 Å². The Hall–Kier alpha value is -3.01. The first-order valence-corrected chi connectivity index (χ1v) is 9.36. The number of anilines is 1. The first-order chi connectivity index (χ1) is 13.5. The smallest absolute Gasteiger partial charge is 0.294 e. The molecule has 2 aliphatic rings. The molecule has 3 heterocycles. The van der Waals surface area contributed by atoms with Gasteiger partial charge < -0.3 is 4.84 Å². The number of carbonyl (C=O) groups is 1. The lowest BCUT2D eigenvalue weighted by atomic mass is 10.1. The topological polar surface area (TPSA) is 111 Å². The summed E-state index contributed by atoms with van der Waals surface area (Å²) in [7, 11) is 0. The third-order valence-corrected chi connectivity index (χ3v) is 5.28. The van der Waals surface area contributed by atoms with Crippen molar-refractivity contribution in [3.63, 3.8) is 0 Å². The summed E-state index contributed by atoms with van der Waals surface area (Å²) in [4.78, 5) is 48.9. The lowest BCUT2D eigenvalue weighted by Crippen LogP contribution is -2.48. The number of piperidine rings is 1. The van der Waals surface area contributed by atoms with Gasteiger partial charge in [0, 0.05) is 26.2 Å². The van der Waals surface area contributed by atoms with Crippen LogP contribution >= 0.6 is 0 Å². The second-order valence-corrected chi connectivity index (χ2v) is 7.09. The summed E-state index contributed by atoms with van der Waals surface area (Å²) in [5.74, 6) is 0.274. The van der Waals surface area contributed by atoms with Crippen molar-refractivity contribution >= 4 is 22.8 Å². The number of hydrogen-bond donors (Lipinski definition) is 0. The number of benzene rings is 1. The summed E-state index contributed by atoms with van der Waals surface area (Å²) < 4.78 is 1.57. The molecule has 10 nitrogen and oxygen atoms in total. The molecule has 1 saturated heterocycles. The zero-order valence-electron chi connectivity index (χ0n) is 15.3. The van der Waals surface area contributed by atoms with Gasteiger partial charge in [-0.2, -0.15) is 0 Å². The fourth-order valence-corrected chi connectivity index (χ4v) is 3.86. The standard InChI is InChI=1S/C18H21N5O5/c24-16(12-20-10-6-13(7-11-20)28-23(26)27)21-8-3-9-22-17(25)14-4-1-2-5-15(14)19-18(21)22/h1-2,4-5,13H,3,6-12H2. The van der Waals surface area contributed by atoms with Gasteiger partial charge in [-0.25, -0.2) is 4.98 Å². The Kier molecular flexibility index (Phi) is 4.95. The number of rotatable bonds is 4. The van der Waals surface area contributed by atoms with Gasteiger partial charge >= 0.3 is 0 Å². The average molecular weight is 387 g/mol. The molecule has 0 saturated carbocycles. The van der Waals surface area contributed by atoms with Crippen molar-refractivity contribution in [1.29, 1.82) is 0 Å². The summed E-state index contributed by atoms with van der Waals surface area (Å²) in [5.41, 5.74) is 0.451.